The Labute approximate surface area is 130 Å². The lowest BCUT2D eigenvalue weighted by atomic mass is 10.1. The van der Waals surface area contributed by atoms with E-state index in [1.165, 1.54) is 25.7 Å². The molecular formula is C17H22N2O3. The Balaban J connectivity index is 1.79. The molecule has 2 aliphatic rings. The van der Waals surface area contributed by atoms with Crippen LogP contribution in [-0.4, -0.2) is 31.5 Å². The van der Waals surface area contributed by atoms with E-state index in [9.17, 15) is 9.59 Å². The van der Waals surface area contributed by atoms with Crippen LogP contribution in [0.5, 0.6) is 5.75 Å². The number of ether oxygens (including phenoxy) is 1. The molecule has 5 heteroatoms. The van der Waals surface area contributed by atoms with E-state index in [0.29, 0.717) is 17.0 Å². The molecule has 3 rings (SSSR count). The largest absolute Gasteiger partial charge is 0.481 e. The maximum absolute atomic E-state index is 12.6. The van der Waals surface area contributed by atoms with Crippen LogP contribution < -0.4 is 15.0 Å². The molecule has 0 atom stereocenters. The van der Waals surface area contributed by atoms with Crippen LogP contribution in [0.4, 0.5) is 5.69 Å². The van der Waals surface area contributed by atoms with E-state index < -0.39 is 0 Å². The van der Waals surface area contributed by atoms with Gasteiger partial charge in [0.1, 0.15) is 0 Å². The zero-order valence-electron chi connectivity index (χ0n) is 12.9. The Morgan fingerprint density at radius 1 is 1.23 bits per heavy atom. The smallest absolute Gasteiger partial charge is 0.264 e. The molecule has 1 aromatic carbocycles. The number of benzene rings is 1. The highest BCUT2D eigenvalue weighted by atomic mass is 16.5. The lowest BCUT2D eigenvalue weighted by molar-refractivity contribution is -0.121. The van der Waals surface area contributed by atoms with Crippen molar-refractivity contribution in [1.82, 2.24) is 5.32 Å². The quantitative estimate of drug-likeness (QED) is 0.854. The van der Waals surface area contributed by atoms with E-state index in [1.807, 2.05) is 0 Å². The number of fused-ring (bicyclic) bond motifs is 1. The summed E-state index contributed by atoms with van der Waals surface area (Å²) in [6.07, 6.45) is 6.93. The van der Waals surface area contributed by atoms with Crippen molar-refractivity contribution in [2.45, 2.75) is 44.6 Å². The van der Waals surface area contributed by atoms with Gasteiger partial charge in [0.05, 0.1) is 11.3 Å². The predicted molar refractivity (Wildman–Crippen MR) is 84.3 cm³/mol. The molecule has 2 amide bonds. The average Bonchev–Trinajstić information content (AvgIpc) is 2.79. The summed E-state index contributed by atoms with van der Waals surface area (Å²) in [7, 11) is 1.71. The normalized spacial score (nSPS) is 19.1. The summed E-state index contributed by atoms with van der Waals surface area (Å²) in [5, 5.41) is 3.13. The van der Waals surface area contributed by atoms with E-state index in [4.69, 9.17) is 4.74 Å². The van der Waals surface area contributed by atoms with Crippen LogP contribution in [-0.2, 0) is 4.79 Å². The van der Waals surface area contributed by atoms with Crippen LogP contribution in [0.2, 0.25) is 0 Å². The van der Waals surface area contributed by atoms with Gasteiger partial charge >= 0.3 is 0 Å². The van der Waals surface area contributed by atoms with Crippen LogP contribution in [0.25, 0.3) is 0 Å². The summed E-state index contributed by atoms with van der Waals surface area (Å²) < 4.78 is 5.52. The zero-order valence-corrected chi connectivity index (χ0v) is 12.9. The van der Waals surface area contributed by atoms with Crippen LogP contribution in [0, 0.1) is 0 Å². The van der Waals surface area contributed by atoms with Crippen LogP contribution in [0.15, 0.2) is 18.2 Å². The molecule has 0 radical (unpaired) electrons. The van der Waals surface area contributed by atoms with Crippen molar-refractivity contribution < 1.29 is 14.3 Å². The minimum Gasteiger partial charge on any atom is -0.481 e. The molecule has 1 heterocycles. The van der Waals surface area contributed by atoms with Crippen molar-refractivity contribution in [3.05, 3.63) is 23.8 Å². The van der Waals surface area contributed by atoms with E-state index in [-0.39, 0.29) is 24.5 Å². The summed E-state index contributed by atoms with van der Waals surface area (Å²) in [4.78, 5) is 25.8. The number of carbonyl (C=O) groups is 2. The van der Waals surface area contributed by atoms with Gasteiger partial charge in [-0.05, 0) is 25.0 Å². The molecule has 0 spiro atoms. The number of nitrogens with zero attached hydrogens (tertiary/aromatic N) is 1. The first-order valence-corrected chi connectivity index (χ1v) is 8.00. The Morgan fingerprint density at radius 3 is 2.68 bits per heavy atom. The van der Waals surface area contributed by atoms with Crippen molar-refractivity contribution in [1.29, 1.82) is 0 Å². The average molecular weight is 302 g/mol. The molecule has 118 valence electrons. The van der Waals surface area contributed by atoms with Gasteiger partial charge in [0.2, 0.25) is 0 Å². The number of hydrogen-bond acceptors (Lipinski definition) is 3. The molecule has 0 unspecified atom stereocenters. The molecule has 0 aromatic heterocycles. The fraction of sp³-hybridized carbons (Fsp3) is 0.529. The number of rotatable bonds is 2. The Morgan fingerprint density at radius 2 is 1.95 bits per heavy atom. The van der Waals surface area contributed by atoms with Gasteiger partial charge in [-0.15, -0.1) is 0 Å². The van der Waals surface area contributed by atoms with Gasteiger partial charge in [0.25, 0.3) is 11.8 Å². The first-order chi connectivity index (χ1) is 10.7. The first-order valence-electron chi connectivity index (χ1n) is 8.00. The molecule has 0 saturated heterocycles. The first kappa shape index (κ1) is 14.9. The Bertz CT molecular complexity index is 577. The van der Waals surface area contributed by atoms with Crippen molar-refractivity contribution in [3.63, 3.8) is 0 Å². The molecule has 22 heavy (non-hydrogen) atoms. The standard InChI is InChI=1S/C17H22N2O3/c1-19-14-10-6-9-13(16(14)22-11-15(19)20)17(21)18-12-7-4-2-3-5-8-12/h6,9-10,12H,2-5,7-8,11H2,1H3,(H,18,21). The number of hydrogen-bond donors (Lipinski definition) is 1. The van der Waals surface area contributed by atoms with Gasteiger partial charge in [-0.3, -0.25) is 9.59 Å². The third kappa shape index (κ3) is 2.93. The summed E-state index contributed by atoms with van der Waals surface area (Å²) in [6.45, 7) is -0.0166. The van der Waals surface area contributed by atoms with Crippen LogP contribution in [0.1, 0.15) is 48.9 Å². The van der Waals surface area contributed by atoms with Crippen molar-refractivity contribution in [2.75, 3.05) is 18.6 Å². The van der Waals surface area contributed by atoms with Gasteiger partial charge in [-0.1, -0.05) is 31.7 Å². The topological polar surface area (TPSA) is 58.6 Å². The second-order valence-electron chi connectivity index (χ2n) is 6.06. The molecule has 1 aliphatic heterocycles. The zero-order chi connectivity index (χ0) is 15.5. The van der Waals surface area contributed by atoms with Crippen molar-refractivity contribution in [2.24, 2.45) is 0 Å². The van der Waals surface area contributed by atoms with E-state index in [0.717, 1.165) is 12.8 Å². The van der Waals surface area contributed by atoms with Gasteiger partial charge in [-0.2, -0.15) is 0 Å². The molecule has 1 aromatic rings. The Hall–Kier alpha value is -2.04. The maximum Gasteiger partial charge on any atom is 0.264 e. The number of anilines is 1. The SMILES string of the molecule is CN1C(=O)COc2c(C(=O)NC3CCCCCC3)cccc21. The van der Waals surface area contributed by atoms with Gasteiger partial charge < -0.3 is 15.0 Å². The highest BCUT2D eigenvalue weighted by Gasteiger charge is 2.27. The maximum atomic E-state index is 12.6. The summed E-state index contributed by atoms with van der Waals surface area (Å²) in [5.74, 6) is 0.302. The molecule has 5 nitrogen and oxygen atoms in total. The number of carbonyl (C=O) groups excluding carboxylic acids is 2. The minimum absolute atomic E-state index is 0.0166. The van der Waals surface area contributed by atoms with Crippen molar-refractivity contribution >= 4 is 17.5 Å². The Kier molecular flexibility index (Phi) is 4.32. The number of amides is 2. The highest BCUT2D eigenvalue weighted by Crippen LogP contribution is 2.34. The van der Waals surface area contributed by atoms with Crippen LogP contribution >= 0.6 is 0 Å². The van der Waals surface area contributed by atoms with E-state index >= 15 is 0 Å². The molecule has 1 saturated carbocycles. The fourth-order valence-corrected chi connectivity index (χ4v) is 3.17. The third-order valence-corrected chi connectivity index (χ3v) is 4.50. The van der Waals surface area contributed by atoms with Gasteiger partial charge in [0.15, 0.2) is 12.4 Å². The van der Waals surface area contributed by atoms with Gasteiger partial charge in [-0.25, -0.2) is 0 Å². The van der Waals surface area contributed by atoms with Crippen LogP contribution in [0.3, 0.4) is 0 Å². The molecular weight excluding hydrogens is 280 g/mol. The summed E-state index contributed by atoms with van der Waals surface area (Å²) >= 11 is 0. The number of likely N-dealkylation sites (N-methyl/N-ethyl adjacent to an activating group) is 1. The monoisotopic (exact) mass is 302 g/mol. The number of para-hydroxylation sites is 1. The van der Waals surface area contributed by atoms with Crippen molar-refractivity contribution in [3.8, 4) is 5.75 Å². The second kappa shape index (κ2) is 6.38. The third-order valence-electron chi connectivity index (χ3n) is 4.50. The minimum atomic E-state index is -0.105. The molecule has 1 N–H and O–H groups in total. The molecule has 1 fully saturated rings. The summed E-state index contributed by atoms with van der Waals surface area (Å²) in [5.41, 5.74) is 1.17. The van der Waals surface area contributed by atoms with Gasteiger partial charge in [0, 0.05) is 13.1 Å². The lowest BCUT2D eigenvalue weighted by Crippen LogP contribution is -2.38. The second-order valence-corrected chi connectivity index (χ2v) is 6.06. The molecule has 1 aliphatic carbocycles. The lowest BCUT2D eigenvalue weighted by Gasteiger charge is -2.27. The highest BCUT2D eigenvalue weighted by molar-refractivity contribution is 6.04. The predicted octanol–water partition coefficient (Wildman–Crippen LogP) is 2.49. The van der Waals surface area contributed by atoms with E-state index in [1.54, 1.807) is 30.1 Å². The number of nitrogens with one attached hydrogen (secondary N) is 1. The summed E-state index contributed by atoms with van der Waals surface area (Å²) in [6, 6.07) is 5.59. The molecule has 0 bridgehead atoms. The fourth-order valence-electron chi connectivity index (χ4n) is 3.17. The van der Waals surface area contributed by atoms with E-state index in [2.05, 4.69) is 5.32 Å².